The van der Waals surface area contributed by atoms with E-state index < -0.39 is 0 Å². The Morgan fingerprint density at radius 1 is 1.05 bits per heavy atom. The SMILES string of the molecule is COc1ccc(CCC(C)NCCCCOC(C)C)cc1. The number of unbranched alkanes of at least 4 members (excludes halogenated alkanes) is 1. The molecule has 0 aliphatic carbocycles. The molecule has 0 radical (unpaired) electrons. The van der Waals surface area contributed by atoms with Crippen LogP contribution in [-0.4, -0.2) is 32.4 Å². The highest BCUT2D eigenvalue weighted by atomic mass is 16.5. The van der Waals surface area contributed by atoms with E-state index in [1.165, 1.54) is 12.0 Å². The first kappa shape index (κ1) is 18.0. The molecule has 1 aromatic carbocycles. The van der Waals surface area contributed by atoms with Gasteiger partial charge in [-0.1, -0.05) is 12.1 Å². The number of rotatable bonds is 11. The molecule has 0 fully saturated rings. The lowest BCUT2D eigenvalue weighted by Crippen LogP contribution is -2.27. The second-order valence-electron chi connectivity index (χ2n) is 5.87. The molecule has 0 saturated heterocycles. The summed E-state index contributed by atoms with van der Waals surface area (Å²) in [5, 5.41) is 3.58. The van der Waals surface area contributed by atoms with Crippen LogP contribution in [0.2, 0.25) is 0 Å². The van der Waals surface area contributed by atoms with Crippen LogP contribution in [0.3, 0.4) is 0 Å². The van der Waals surface area contributed by atoms with E-state index in [1.54, 1.807) is 7.11 Å². The average Bonchev–Trinajstić information content (AvgIpc) is 2.49. The van der Waals surface area contributed by atoms with Crippen LogP contribution in [0.1, 0.15) is 45.6 Å². The summed E-state index contributed by atoms with van der Waals surface area (Å²) in [5.74, 6) is 0.925. The van der Waals surface area contributed by atoms with Crippen molar-refractivity contribution in [3.05, 3.63) is 29.8 Å². The minimum Gasteiger partial charge on any atom is -0.497 e. The maximum Gasteiger partial charge on any atom is 0.118 e. The van der Waals surface area contributed by atoms with Crippen molar-refractivity contribution >= 4 is 0 Å². The summed E-state index contributed by atoms with van der Waals surface area (Å²) in [6, 6.07) is 8.91. The molecule has 0 aromatic heterocycles. The van der Waals surface area contributed by atoms with Gasteiger partial charge in [0.15, 0.2) is 0 Å². The third-order valence-electron chi connectivity index (χ3n) is 3.54. The molecule has 1 atom stereocenters. The lowest BCUT2D eigenvalue weighted by Gasteiger charge is -2.14. The molecule has 0 aliphatic rings. The van der Waals surface area contributed by atoms with E-state index in [2.05, 4.69) is 38.2 Å². The fourth-order valence-electron chi connectivity index (χ4n) is 2.17. The van der Waals surface area contributed by atoms with E-state index in [9.17, 15) is 0 Å². The Labute approximate surface area is 130 Å². The van der Waals surface area contributed by atoms with Crippen molar-refractivity contribution < 1.29 is 9.47 Å². The third-order valence-corrected chi connectivity index (χ3v) is 3.54. The van der Waals surface area contributed by atoms with Crippen LogP contribution >= 0.6 is 0 Å². The van der Waals surface area contributed by atoms with Crippen molar-refractivity contribution in [2.75, 3.05) is 20.3 Å². The second-order valence-corrected chi connectivity index (χ2v) is 5.87. The van der Waals surface area contributed by atoms with Gasteiger partial charge in [-0.05, 0) is 70.7 Å². The molecule has 3 nitrogen and oxygen atoms in total. The van der Waals surface area contributed by atoms with Crippen LogP contribution in [0.25, 0.3) is 0 Å². The Hall–Kier alpha value is -1.06. The number of benzene rings is 1. The Balaban J connectivity index is 2.06. The molecule has 1 rings (SSSR count). The molecule has 1 aromatic rings. The van der Waals surface area contributed by atoms with Gasteiger partial charge in [0.2, 0.25) is 0 Å². The summed E-state index contributed by atoms with van der Waals surface area (Å²) in [6.07, 6.45) is 4.93. The third kappa shape index (κ3) is 8.74. The van der Waals surface area contributed by atoms with E-state index in [4.69, 9.17) is 9.47 Å². The molecule has 3 heteroatoms. The van der Waals surface area contributed by atoms with Crippen LogP contribution in [-0.2, 0) is 11.2 Å². The van der Waals surface area contributed by atoms with Crippen LogP contribution < -0.4 is 10.1 Å². The summed E-state index contributed by atoms with van der Waals surface area (Å²) in [4.78, 5) is 0. The van der Waals surface area contributed by atoms with Crippen LogP contribution in [0, 0.1) is 0 Å². The average molecular weight is 293 g/mol. The summed E-state index contributed by atoms with van der Waals surface area (Å²) < 4.78 is 10.7. The first-order chi connectivity index (χ1) is 10.1. The lowest BCUT2D eigenvalue weighted by atomic mass is 10.1. The van der Waals surface area contributed by atoms with Crippen molar-refractivity contribution in [2.24, 2.45) is 0 Å². The van der Waals surface area contributed by atoms with Gasteiger partial charge in [0.1, 0.15) is 5.75 Å². The molecule has 120 valence electrons. The number of methoxy groups -OCH3 is 1. The highest BCUT2D eigenvalue weighted by Crippen LogP contribution is 2.13. The second kappa shape index (κ2) is 10.6. The molecule has 1 N–H and O–H groups in total. The Morgan fingerprint density at radius 3 is 2.38 bits per heavy atom. The van der Waals surface area contributed by atoms with Gasteiger partial charge in [-0.3, -0.25) is 0 Å². The van der Waals surface area contributed by atoms with Crippen molar-refractivity contribution in [2.45, 2.75) is 58.6 Å². The molecule has 0 saturated carbocycles. The number of hydrogen-bond acceptors (Lipinski definition) is 3. The largest absolute Gasteiger partial charge is 0.497 e. The van der Waals surface area contributed by atoms with Crippen molar-refractivity contribution in [3.63, 3.8) is 0 Å². The van der Waals surface area contributed by atoms with Gasteiger partial charge in [0.25, 0.3) is 0 Å². The summed E-state index contributed by atoms with van der Waals surface area (Å²) >= 11 is 0. The molecular weight excluding hydrogens is 262 g/mol. The molecule has 0 amide bonds. The summed E-state index contributed by atoms with van der Waals surface area (Å²) in [6.45, 7) is 8.37. The zero-order chi connectivity index (χ0) is 15.5. The van der Waals surface area contributed by atoms with Crippen LogP contribution in [0.4, 0.5) is 0 Å². The first-order valence-electron chi connectivity index (χ1n) is 8.09. The molecule has 0 aliphatic heterocycles. The maximum absolute atomic E-state index is 5.54. The zero-order valence-electron chi connectivity index (χ0n) is 14.0. The fraction of sp³-hybridized carbons (Fsp3) is 0.667. The van der Waals surface area contributed by atoms with Gasteiger partial charge >= 0.3 is 0 Å². The minimum absolute atomic E-state index is 0.348. The highest BCUT2D eigenvalue weighted by Gasteiger charge is 2.02. The zero-order valence-corrected chi connectivity index (χ0v) is 14.0. The minimum atomic E-state index is 0.348. The van der Waals surface area contributed by atoms with Gasteiger partial charge < -0.3 is 14.8 Å². The quantitative estimate of drug-likeness (QED) is 0.629. The Kier molecular flexibility index (Phi) is 9.11. The van der Waals surface area contributed by atoms with Crippen LogP contribution in [0.5, 0.6) is 5.75 Å². The number of ether oxygens (including phenoxy) is 2. The molecule has 0 heterocycles. The topological polar surface area (TPSA) is 30.5 Å². The number of hydrogen-bond donors (Lipinski definition) is 1. The van der Waals surface area contributed by atoms with E-state index >= 15 is 0 Å². The van der Waals surface area contributed by atoms with Gasteiger partial charge in [0, 0.05) is 12.6 Å². The van der Waals surface area contributed by atoms with Gasteiger partial charge in [0.05, 0.1) is 13.2 Å². The molecule has 0 spiro atoms. The Morgan fingerprint density at radius 2 is 1.76 bits per heavy atom. The van der Waals surface area contributed by atoms with Crippen molar-refractivity contribution in [1.29, 1.82) is 0 Å². The van der Waals surface area contributed by atoms with Crippen LogP contribution in [0.15, 0.2) is 24.3 Å². The monoisotopic (exact) mass is 293 g/mol. The normalized spacial score (nSPS) is 12.6. The van der Waals surface area contributed by atoms with E-state index in [0.29, 0.717) is 12.1 Å². The molecule has 1 unspecified atom stereocenters. The lowest BCUT2D eigenvalue weighted by molar-refractivity contribution is 0.0759. The fourth-order valence-corrected chi connectivity index (χ4v) is 2.17. The van der Waals surface area contributed by atoms with E-state index in [-0.39, 0.29) is 0 Å². The first-order valence-corrected chi connectivity index (χ1v) is 8.09. The van der Waals surface area contributed by atoms with Gasteiger partial charge in [-0.15, -0.1) is 0 Å². The summed E-state index contributed by atoms with van der Waals surface area (Å²) in [7, 11) is 1.70. The van der Waals surface area contributed by atoms with E-state index in [0.717, 1.165) is 38.2 Å². The standard InChI is InChI=1S/C18H31NO2/c1-15(2)21-14-6-5-13-19-16(3)7-8-17-9-11-18(20-4)12-10-17/h9-12,15-16,19H,5-8,13-14H2,1-4H3. The highest BCUT2D eigenvalue weighted by molar-refractivity contribution is 5.27. The number of nitrogens with one attached hydrogen (secondary N) is 1. The number of aryl methyl sites for hydroxylation is 1. The molecule has 21 heavy (non-hydrogen) atoms. The van der Waals surface area contributed by atoms with Crippen molar-refractivity contribution in [1.82, 2.24) is 5.32 Å². The smallest absolute Gasteiger partial charge is 0.118 e. The van der Waals surface area contributed by atoms with Gasteiger partial charge in [-0.25, -0.2) is 0 Å². The van der Waals surface area contributed by atoms with E-state index in [1.807, 2.05) is 12.1 Å². The maximum atomic E-state index is 5.54. The van der Waals surface area contributed by atoms with Crippen molar-refractivity contribution in [3.8, 4) is 5.75 Å². The summed E-state index contributed by atoms with van der Waals surface area (Å²) in [5.41, 5.74) is 1.37. The Bertz CT molecular complexity index is 362. The van der Waals surface area contributed by atoms with Gasteiger partial charge in [-0.2, -0.15) is 0 Å². The molecule has 0 bridgehead atoms. The predicted octanol–water partition coefficient (Wildman–Crippen LogP) is 3.81. The predicted molar refractivity (Wildman–Crippen MR) is 89.1 cm³/mol. The molecular formula is C18H31NO2.